The molecule has 7 nitrogen and oxygen atoms in total. The Balaban J connectivity index is 1.66. The van der Waals surface area contributed by atoms with Gasteiger partial charge in [0.25, 0.3) is 0 Å². The van der Waals surface area contributed by atoms with Crippen LogP contribution in [0.25, 0.3) is 0 Å². The number of hydrogen-bond acceptors (Lipinski definition) is 6. The lowest BCUT2D eigenvalue weighted by Crippen LogP contribution is -2.46. The third-order valence-corrected chi connectivity index (χ3v) is 6.34. The van der Waals surface area contributed by atoms with Crippen molar-refractivity contribution in [2.45, 2.75) is 50.8 Å². The molecular formula is C25H26F7N5O2. The van der Waals surface area contributed by atoms with Crippen LogP contribution in [-0.2, 0) is 34.9 Å². The molecule has 1 aliphatic heterocycles. The summed E-state index contributed by atoms with van der Waals surface area (Å²) in [7, 11) is 1.75. The van der Waals surface area contributed by atoms with Crippen LogP contribution in [0.1, 0.15) is 52.7 Å². The molecule has 1 fully saturated rings. The first-order chi connectivity index (χ1) is 18.4. The highest BCUT2D eigenvalue weighted by Crippen LogP contribution is 2.40. The zero-order chi connectivity index (χ0) is 28.4. The summed E-state index contributed by atoms with van der Waals surface area (Å²) in [5.41, 5.74) is -1.33. The summed E-state index contributed by atoms with van der Waals surface area (Å²) in [5.74, 6) is -0.482. The second-order valence-electron chi connectivity index (χ2n) is 9.07. The largest absolute Gasteiger partial charge is 0.416 e. The Morgan fingerprint density at radius 2 is 1.64 bits per heavy atom. The average molecular weight is 562 g/mol. The lowest BCUT2D eigenvalue weighted by atomic mass is 10.0. The number of morpholine rings is 1. The summed E-state index contributed by atoms with van der Waals surface area (Å²) >= 11 is 0. The minimum Gasteiger partial charge on any atom is -0.349 e. The summed E-state index contributed by atoms with van der Waals surface area (Å²) < 4.78 is 106. The van der Waals surface area contributed by atoms with E-state index in [2.05, 4.69) is 20.7 Å². The average Bonchev–Trinajstić information content (AvgIpc) is 3.30. The summed E-state index contributed by atoms with van der Waals surface area (Å²) in [6.07, 6.45) is -12.3. The number of alkyl halides is 6. The van der Waals surface area contributed by atoms with Crippen LogP contribution >= 0.6 is 0 Å². The third-order valence-electron chi connectivity index (χ3n) is 6.34. The Hall–Kier alpha value is -3.07. The standard InChI is InChI=1S/C25H26F7N5O2/c1-14(16-9-17(24(27,28)29)11-18(10-16)25(30,31)32)39-23-22(15-3-5-19(26)6-4-15)37(7-8-38-23)13-21-20(12-33-2)34-36-35-21/h3-6,9-11,14,22-23,33H,7-8,12-13H2,1-2H3,(H,34,35,36)/t14-,22?,23?/m1/s1. The highest BCUT2D eigenvalue weighted by Gasteiger charge is 2.39. The topological polar surface area (TPSA) is 75.3 Å². The molecule has 2 heterocycles. The van der Waals surface area contributed by atoms with Crippen LogP contribution in [0, 0.1) is 5.82 Å². The molecule has 0 saturated carbocycles. The number of H-pyrrole nitrogens is 1. The van der Waals surface area contributed by atoms with Crippen molar-refractivity contribution in [3.05, 3.63) is 81.9 Å². The van der Waals surface area contributed by atoms with Crippen molar-refractivity contribution in [1.29, 1.82) is 0 Å². The summed E-state index contributed by atoms with van der Waals surface area (Å²) in [5, 5.41) is 13.9. The van der Waals surface area contributed by atoms with Gasteiger partial charge in [0.2, 0.25) is 0 Å². The van der Waals surface area contributed by atoms with E-state index in [-0.39, 0.29) is 24.8 Å². The van der Waals surface area contributed by atoms with E-state index in [4.69, 9.17) is 9.47 Å². The van der Waals surface area contributed by atoms with Gasteiger partial charge in [0.05, 0.1) is 29.9 Å². The van der Waals surface area contributed by atoms with E-state index in [1.807, 2.05) is 4.90 Å². The molecule has 2 N–H and O–H groups in total. The van der Waals surface area contributed by atoms with Gasteiger partial charge < -0.3 is 14.8 Å². The van der Waals surface area contributed by atoms with Gasteiger partial charge in [-0.3, -0.25) is 4.90 Å². The number of benzene rings is 2. The Labute approximate surface area is 219 Å². The zero-order valence-corrected chi connectivity index (χ0v) is 20.9. The second-order valence-corrected chi connectivity index (χ2v) is 9.07. The number of hydrogen-bond donors (Lipinski definition) is 2. The molecule has 2 unspecified atom stereocenters. The SMILES string of the molecule is CNCc1n[nH]nc1CN1CCOC(O[C@H](C)c2cc(C(F)(F)F)cc(C(F)(F)F)c2)C1c1ccc(F)cc1. The van der Waals surface area contributed by atoms with Gasteiger partial charge in [-0.25, -0.2) is 4.39 Å². The molecule has 0 aliphatic carbocycles. The van der Waals surface area contributed by atoms with Gasteiger partial charge in [-0.2, -0.15) is 41.8 Å². The van der Waals surface area contributed by atoms with Crippen molar-refractivity contribution in [2.75, 3.05) is 20.2 Å². The van der Waals surface area contributed by atoms with Crippen molar-refractivity contribution in [1.82, 2.24) is 25.6 Å². The molecule has 2 aromatic carbocycles. The maximum atomic E-state index is 13.7. The summed E-state index contributed by atoms with van der Waals surface area (Å²) in [6.45, 7) is 2.61. The van der Waals surface area contributed by atoms with Gasteiger partial charge in [0.1, 0.15) is 17.2 Å². The number of nitrogens with zero attached hydrogens (tertiary/aromatic N) is 3. The monoisotopic (exact) mass is 561 g/mol. The first-order valence-electron chi connectivity index (χ1n) is 12.0. The van der Waals surface area contributed by atoms with E-state index in [1.54, 1.807) is 7.05 Å². The molecule has 212 valence electrons. The fraction of sp³-hybridized carbons (Fsp3) is 0.440. The summed E-state index contributed by atoms with van der Waals surface area (Å²) in [4.78, 5) is 1.93. The van der Waals surface area contributed by atoms with Crippen LogP contribution in [0.15, 0.2) is 42.5 Å². The van der Waals surface area contributed by atoms with Crippen molar-refractivity contribution >= 4 is 0 Å². The van der Waals surface area contributed by atoms with E-state index in [9.17, 15) is 30.7 Å². The predicted molar refractivity (Wildman–Crippen MR) is 124 cm³/mol. The van der Waals surface area contributed by atoms with Gasteiger partial charge in [-0.05, 0) is 55.4 Å². The minimum absolute atomic E-state index is 0.0665. The van der Waals surface area contributed by atoms with E-state index < -0.39 is 47.7 Å². The quantitative estimate of drug-likeness (QED) is 0.360. The predicted octanol–water partition coefficient (Wildman–Crippen LogP) is 5.38. The Morgan fingerprint density at radius 3 is 2.23 bits per heavy atom. The molecule has 3 atom stereocenters. The number of ether oxygens (including phenoxy) is 2. The molecule has 0 spiro atoms. The number of rotatable bonds is 8. The maximum absolute atomic E-state index is 13.7. The van der Waals surface area contributed by atoms with Gasteiger partial charge in [-0.1, -0.05) is 12.1 Å². The zero-order valence-electron chi connectivity index (χ0n) is 20.9. The molecule has 14 heteroatoms. The first-order valence-corrected chi connectivity index (χ1v) is 12.0. The molecule has 0 bridgehead atoms. The number of aromatic amines is 1. The molecule has 3 aromatic rings. The van der Waals surface area contributed by atoms with E-state index in [0.29, 0.717) is 42.2 Å². The van der Waals surface area contributed by atoms with Gasteiger partial charge >= 0.3 is 12.4 Å². The van der Waals surface area contributed by atoms with E-state index in [1.165, 1.54) is 31.2 Å². The first kappa shape index (κ1) is 28.9. The molecule has 1 aliphatic rings. The molecule has 39 heavy (non-hydrogen) atoms. The third kappa shape index (κ3) is 6.93. The summed E-state index contributed by atoms with van der Waals surface area (Å²) in [6, 6.07) is 6.17. The number of aromatic nitrogens is 3. The Bertz CT molecular complexity index is 1210. The van der Waals surface area contributed by atoms with Gasteiger partial charge in [0, 0.05) is 19.6 Å². The van der Waals surface area contributed by atoms with Crippen molar-refractivity contribution < 1.29 is 40.2 Å². The molecule has 0 amide bonds. The highest BCUT2D eigenvalue weighted by molar-refractivity contribution is 5.35. The van der Waals surface area contributed by atoms with Crippen LogP contribution < -0.4 is 5.32 Å². The normalized spacial score (nSPS) is 19.8. The number of halogens is 7. The molecule has 0 radical (unpaired) electrons. The van der Waals surface area contributed by atoms with Crippen LogP contribution in [-0.4, -0.2) is 46.8 Å². The number of nitrogens with one attached hydrogen (secondary N) is 2. The van der Waals surface area contributed by atoms with Crippen molar-refractivity contribution in [3.8, 4) is 0 Å². The fourth-order valence-electron chi connectivity index (χ4n) is 4.40. The lowest BCUT2D eigenvalue weighted by Gasteiger charge is -2.42. The lowest BCUT2D eigenvalue weighted by molar-refractivity contribution is -0.231. The van der Waals surface area contributed by atoms with E-state index in [0.717, 1.165) is 0 Å². The molecule has 1 aromatic heterocycles. The van der Waals surface area contributed by atoms with E-state index >= 15 is 0 Å². The van der Waals surface area contributed by atoms with Crippen LogP contribution in [0.5, 0.6) is 0 Å². The maximum Gasteiger partial charge on any atom is 0.416 e. The molecule has 1 saturated heterocycles. The van der Waals surface area contributed by atoms with Crippen LogP contribution in [0.4, 0.5) is 30.7 Å². The van der Waals surface area contributed by atoms with Crippen molar-refractivity contribution in [2.24, 2.45) is 0 Å². The molecule has 4 rings (SSSR count). The fourth-order valence-corrected chi connectivity index (χ4v) is 4.40. The Kier molecular flexibility index (Phi) is 8.59. The van der Waals surface area contributed by atoms with Gasteiger partial charge in [0.15, 0.2) is 6.29 Å². The second kappa shape index (κ2) is 11.6. The highest BCUT2D eigenvalue weighted by atomic mass is 19.4. The van der Waals surface area contributed by atoms with Gasteiger partial charge in [-0.15, -0.1) is 0 Å². The van der Waals surface area contributed by atoms with Crippen molar-refractivity contribution in [3.63, 3.8) is 0 Å². The van der Waals surface area contributed by atoms with Crippen LogP contribution in [0.3, 0.4) is 0 Å². The molecular weight excluding hydrogens is 535 g/mol. The minimum atomic E-state index is -4.99. The Morgan fingerprint density at radius 1 is 1.03 bits per heavy atom. The smallest absolute Gasteiger partial charge is 0.349 e. The van der Waals surface area contributed by atoms with Crippen LogP contribution in [0.2, 0.25) is 0 Å².